The Kier molecular flexibility index (Phi) is 11.1. The predicted octanol–water partition coefficient (Wildman–Crippen LogP) is 24.7. The van der Waals surface area contributed by atoms with Gasteiger partial charge in [0.2, 0.25) is 5.95 Å². The second-order valence-electron chi connectivity index (χ2n) is 24.8. The van der Waals surface area contributed by atoms with Crippen molar-refractivity contribution in [2.45, 2.75) is 0 Å². The van der Waals surface area contributed by atoms with Gasteiger partial charge < -0.3 is 9.13 Å². The first-order valence-corrected chi connectivity index (χ1v) is 34.3. The van der Waals surface area contributed by atoms with Gasteiger partial charge in [0.25, 0.3) is 0 Å². The number of hydrogen-bond acceptors (Lipinski definition) is 5. The van der Waals surface area contributed by atoms with E-state index in [0.717, 1.165) is 77.4 Å². The molecule has 436 valence electrons. The van der Waals surface area contributed by atoms with Crippen molar-refractivity contribution in [3.8, 4) is 62.0 Å². The zero-order valence-electron chi connectivity index (χ0n) is 50.3. The van der Waals surface area contributed by atoms with Crippen molar-refractivity contribution in [3.05, 3.63) is 297 Å². The van der Waals surface area contributed by atoms with E-state index in [0.29, 0.717) is 5.95 Å². The second-order valence-corrected chi connectivity index (χ2v) is 28.1. The molecule has 0 saturated heterocycles. The zero-order chi connectivity index (χ0) is 61.3. The van der Waals surface area contributed by atoms with Gasteiger partial charge in [0.15, 0.2) is 0 Å². The van der Waals surface area contributed by atoms with Crippen LogP contribution < -0.4 is 0 Å². The number of thiophene rings is 3. The Morgan fingerprint density at radius 3 is 1.01 bits per heavy atom. The fourth-order valence-corrected chi connectivity index (χ4v) is 18.6. The van der Waals surface area contributed by atoms with E-state index in [4.69, 9.17) is 9.97 Å². The molecule has 0 saturated carbocycles. The lowest BCUT2D eigenvalue weighted by Crippen LogP contribution is -2.04. The molecule has 21 rings (SSSR count). The summed E-state index contributed by atoms with van der Waals surface area (Å²) in [5, 5.41) is 15.9. The number of para-hydroxylation sites is 3. The van der Waals surface area contributed by atoms with Crippen LogP contribution in [0.15, 0.2) is 297 Å². The number of hydrogen-bond donors (Lipinski definition) is 0. The van der Waals surface area contributed by atoms with Crippen molar-refractivity contribution in [2.24, 2.45) is 0 Å². The lowest BCUT2D eigenvalue weighted by atomic mass is 10.0. The summed E-state index contributed by atoms with van der Waals surface area (Å²) in [7, 11) is 0. The van der Waals surface area contributed by atoms with Gasteiger partial charge in [-0.2, -0.15) is 0 Å². The number of benzene rings is 14. The largest absolute Gasteiger partial charge is 0.309 e. The summed E-state index contributed by atoms with van der Waals surface area (Å²) in [6.45, 7) is 0. The molecule has 0 atom stereocenters. The minimum absolute atomic E-state index is 0.613. The average molecular weight is 1250 g/mol. The molecule has 0 bridgehead atoms. The smallest absolute Gasteiger partial charge is 0.235 e. The first-order valence-electron chi connectivity index (χ1n) is 31.8. The molecule has 0 fully saturated rings. The average Bonchev–Trinajstić information content (AvgIpc) is 1.53. The summed E-state index contributed by atoms with van der Waals surface area (Å²) >= 11 is 5.57. The Bertz CT molecular complexity index is 6820. The van der Waals surface area contributed by atoms with Gasteiger partial charge in [-0.1, -0.05) is 158 Å². The maximum Gasteiger partial charge on any atom is 0.235 e. The van der Waals surface area contributed by atoms with E-state index >= 15 is 0 Å². The summed E-state index contributed by atoms with van der Waals surface area (Å²) in [4.78, 5) is 11.5. The normalized spacial score (nSPS) is 12.3. The highest BCUT2D eigenvalue weighted by Crippen LogP contribution is 2.45. The van der Waals surface area contributed by atoms with E-state index in [1.807, 2.05) is 34.0 Å². The molecule has 0 N–H and O–H groups in total. The molecular formula is C86H49N5S3. The summed E-state index contributed by atoms with van der Waals surface area (Å²) in [5.41, 5.74) is 18.6. The molecular weight excluding hydrogens is 1200 g/mol. The Morgan fingerprint density at radius 1 is 0.202 bits per heavy atom. The molecule has 0 aliphatic rings. The number of nitrogens with zero attached hydrogens (tertiary/aromatic N) is 5. The maximum absolute atomic E-state index is 5.85. The van der Waals surface area contributed by atoms with Gasteiger partial charge >= 0.3 is 0 Å². The van der Waals surface area contributed by atoms with Crippen LogP contribution in [0, 0.1) is 0 Å². The molecule has 21 aromatic rings. The van der Waals surface area contributed by atoms with Gasteiger partial charge in [0.05, 0.1) is 44.3 Å². The number of aromatic nitrogens is 5. The zero-order valence-corrected chi connectivity index (χ0v) is 52.7. The van der Waals surface area contributed by atoms with E-state index in [1.165, 1.54) is 115 Å². The summed E-state index contributed by atoms with van der Waals surface area (Å²) in [5.74, 6) is 0.613. The van der Waals surface area contributed by atoms with E-state index < -0.39 is 0 Å². The van der Waals surface area contributed by atoms with E-state index in [2.05, 4.69) is 311 Å². The summed E-state index contributed by atoms with van der Waals surface area (Å²) < 4.78 is 15.0. The van der Waals surface area contributed by atoms with Crippen molar-refractivity contribution in [3.63, 3.8) is 0 Å². The molecule has 5 nitrogen and oxygen atoms in total. The van der Waals surface area contributed by atoms with Gasteiger partial charge in [-0.3, -0.25) is 4.57 Å². The fourth-order valence-electron chi connectivity index (χ4n) is 15.3. The van der Waals surface area contributed by atoms with Gasteiger partial charge in [-0.15, -0.1) is 34.0 Å². The first kappa shape index (κ1) is 52.1. The Balaban J connectivity index is 0.752. The lowest BCUT2D eigenvalue weighted by molar-refractivity contribution is 1.01. The van der Waals surface area contributed by atoms with Gasteiger partial charge in [-0.05, 0) is 173 Å². The molecule has 0 aliphatic heterocycles. The molecule has 7 aromatic heterocycles. The van der Waals surface area contributed by atoms with Crippen LogP contribution in [0.4, 0.5) is 0 Å². The Hall–Kier alpha value is -11.5. The van der Waals surface area contributed by atoms with Crippen molar-refractivity contribution < 1.29 is 0 Å². The third-order valence-electron chi connectivity index (χ3n) is 19.7. The third-order valence-corrected chi connectivity index (χ3v) is 23.1. The van der Waals surface area contributed by atoms with E-state index in [-0.39, 0.29) is 0 Å². The van der Waals surface area contributed by atoms with Crippen LogP contribution in [-0.4, -0.2) is 23.7 Å². The van der Waals surface area contributed by atoms with Crippen molar-refractivity contribution in [2.75, 3.05) is 0 Å². The SMILES string of the molecule is c1cc(-c2nc(-n3c4ccccc4c4cc(-c5ccc6sc7ccccc7c6c5)ccc43)nc3ccc(-n4c5ccccc5c5cc(-c6ccc7sc8ccccc8c7c6)ccc54)cc23)cc(-n2c3ccccc3c3cc(-c4ccc5sc6ccccc6c5c4)ccc32)c1. The topological polar surface area (TPSA) is 40.6 Å². The monoisotopic (exact) mass is 1250 g/mol. The fraction of sp³-hybridized carbons (Fsp3) is 0. The predicted molar refractivity (Wildman–Crippen MR) is 403 cm³/mol. The number of rotatable bonds is 7. The molecule has 0 amide bonds. The van der Waals surface area contributed by atoms with Crippen molar-refractivity contribution >= 4 is 171 Å². The lowest BCUT2D eigenvalue weighted by Gasteiger charge is -2.15. The van der Waals surface area contributed by atoms with Crippen LogP contribution in [0.25, 0.3) is 199 Å². The van der Waals surface area contributed by atoms with Crippen molar-refractivity contribution in [1.29, 1.82) is 0 Å². The summed E-state index contributed by atoms with van der Waals surface area (Å²) in [6.07, 6.45) is 0. The standard InChI is InChI=1S/C86H49N5S3/c1-7-22-73-59(16-1)65-43-50(53-31-39-82-68(46-53)62-19-4-10-25-79(62)92-82)28-36-76(65)89(73)57-15-13-14-56(42-57)85-71-49-58(90-74-23-8-2-17-60(74)66-44-51(29-37-77(66)90)54-32-40-83-69(47-54)63-20-5-11-26-80(63)93-83)34-35-72(71)87-86(88-85)91-75-24-9-3-18-61(75)67-45-52(30-38-78(67)91)55-33-41-84-70(48-55)64-21-6-12-27-81(64)94-84/h1-49H. The molecule has 0 unspecified atom stereocenters. The highest BCUT2D eigenvalue weighted by molar-refractivity contribution is 7.26. The van der Waals surface area contributed by atoms with Crippen LogP contribution in [0.5, 0.6) is 0 Å². The Morgan fingerprint density at radius 2 is 0.553 bits per heavy atom. The molecule has 8 heteroatoms. The molecule has 7 heterocycles. The summed E-state index contributed by atoms with van der Waals surface area (Å²) in [6, 6.07) is 110. The van der Waals surface area contributed by atoms with Gasteiger partial charge in [0, 0.05) is 115 Å². The molecule has 0 radical (unpaired) electrons. The van der Waals surface area contributed by atoms with Crippen LogP contribution >= 0.6 is 34.0 Å². The molecule has 0 aliphatic carbocycles. The van der Waals surface area contributed by atoms with Crippen LogP contribution in [0.3, 0.4) is 0 Å². The van der Waals surface area contributed by atoms with Crippen LogP contribution in [0.2, 0.25) is 0 Å². The highest BCUT2D eigenvalue weighted by atomic mass is 32.1. The second kappa shape index (κ2) is 20.0. The molecule has 0 spiro atoms. The first-order chi connectivity index (χ1) is 46.5. The van der Waals surface area contributed by atoms with Crippen molar-refractivity contribution in [1.82, 2.24) is 23.7 Å². The molecule has 14 aromatic carbocycles. The highest BCUT2D eigenvalue weighted by Gasteiger charge is 2.23. The van der Waals surface area contributed by atoms with Crippen LogP contribution in [0.1, 0.15) is 0 Å². The minimum atomic E-state index is 0.613. The maximum atomic E-state index is 5.85. The minimum Gasteiger partial charge on any atom is -0.309 e. The third kappa shape index (κ3) is 7.79. The molecule has 94 heavy (non-hydrogen) atoms. The van der Waals surface area contributed by atoms with Gasteiger partial charge in [-0.25, -0.2) is 9.97 Å². The Labute approximate surface area is 549 Å². The number of fused-ring (bicyclic) bond motifs is 19. The van der Waals surface area contributed by atoms with E-state index in [9.17, 15) is 0 Å². The van der Waals surface area contributed by atoms with E-state index in [1.54, 1.807) is 0 Å². The van der Waals surface area contributed by atoms with Gasteiger partial charge in [0.1, 0.15) is 0 Å². The quantitative estimate of drug-likeness (QED) is 0.160. The van der Waals surface area contributed by atoms with Crippen LogP contribution in [-0.2, 0) is 0 Å².